The van der Waals surface area contributed by atoms with Crippen molar-refractivity contribution in [1.82, 2.24) is 0 Å². The molecule has 2 rings (SSSR count). The van der Waals surface area contributed by atoms with Crippen molar-refractivity contribution in [1.29, 1.82) is 0 Å². The zero-order valence-electron chi connectivity index (χ0n) is 10.3. The second kappa shape index (κ2) is 5.39. The van der Waals surface area contributed by atoms with Crippen molar-refractivity contribution in [3.05, 3.63) is 69.7 Å². The van der Waals surface area contributed by atoms with Crippen molar-refractivity contribution in [3.8, 4) is 0 Å². The summed E-state index contributed by atoms with van der Waals surface area (Å²) in [4.78, 5) is 0. The van der Waals surface area contributed by atoms with Crippen LogP contribution < -0.4 is 0 Å². The van der Waals surface area contributed by atoms with Gasteiger partial charge >= 0.3 is 0 Å². The fourth-order valence-corrected chi connectivity index (χ4v) is 2.22. The minimum absolute atomic E-state index is 0.101. The fraction of sp³-hybridized carbons (Fsp3) is 0.200. The van der Waals surface area contributed by atoms with Crippen LogP contribution in [-0.2, 0) is 12.0 Å². The third kappa shape index (κ3) is 3.19. The van der Waals surface area contributed by atoms with Crippen LogP contribution >= 0.6 is 15.9 Å². The Bertz CT molecular complexity index is 559. The minimum Gasteiger partial charge on any atom is -0.385 e. The number of benzene rings is 2. The van der Waals surface area contributed by atoms with Gasteiger partial charge < -0.3 is 5.11 Å². The third-order valence-corrected chi connectivity index (χ3v) is 3.58. The van der Waals surface area contributed by atoms with Gasteiger partial charge in [-0.1, -0.05) is 34.1 Å². The van der Waals surface area contributed by atoms with Gasteiger partial charge in [-0.3, -0.25) is 0 Å². The maximum absolute atomic E-state index is 13.6. The Morgan fingerprint density at radius 3 is 2.11 bits per heavy atom. The summed E-state index contributed by atoms with van der Waals surface area (Å²) in [7, 11) is 0. The summed E-state index contributed by atoms with van der Waals surface area (Å²) in [5.74, 6) is -1.28. The molecule has 1 N–H and O–H groups in total. The van der Waals surface area contributed by atoms with Gasteiger partial charge in [0.2, 0.25) is 0 Å². The average molecular weight is 327 g/mol. The van der Waals surface area contributed by atoms with Crippen molar-refractivity contribution in [2.24, 2.45) is 0 Å². The molecular formula is C15H13BrF2O. The van der Waals surface area contributed by atoms with Crippen molar-refractivity contribution < 1.29 is 13.9 Å². The standard InChI is InChI=1S/C15H13BrF2O/c1-15(19,10-5-7-11(16)8-6-10)9-12-13(17)3-2-4-14(12)18/h2-8,19H,9H2,1H3. The van der Waals surface area contributed by atoms with Crippen molar-refractivity contribution >= 4 is 15.9 Å². The molecule has 0 aliphatic heterocycles. The molecular weight excluding hydrogens is 314 g/mol. The molecule has 0 aliphatic rings. The topological polar surface area (TPSA) is 20.2 Å². The Hall–Kier alpha value is -1.26. The van der Waals surface area contributed by atoms with Gasteiger partial charge in [0, 0.05) is 16.5 Å². The number of rotatable bonds is 3. The molecule has 100 valence electrons. The van der Waals surface area contributed by atoms with Crippen LogP contribution in [0.3, 0.4) is 0 Å². The summed E-state index contributed by atoms with van der Waals surface area (Å²) < 4.78 is 28.1. The largest absolute Gasteiger partial charge is 0.385 e. The van der Waals surface area contributed by atoms with Gasteiger partial charge in [0.1, 0.15) is 11.6 Å². The van der Waals surface area contributed by atoms with Crippen LogP contribution in [0.5, 0.6) is 0 Å². The van der Waals surface area contributed by atoms with Crippen LogP contribution in [0.4, 0.5) is 8.78 Å². The zero-order valence-corrected chi connectivity index (χ0v) is 11.9. The average Bonchev–Trinajstić information content (AvgIpc) is 2.35. The monoisotopic (exact) mass is 326 g/mol. The number of hydrogen-bond acceptors (Lipinski definition) is 1. The number of hydrogen-bond donors (Lipinski definition) is 1. The van der Waals surface area contributed by atoms with Gasteiger partial charge in [0.05, 0.1) is 5.60 Å². The molecule has 0 amide bonds. The normalized spacial score (nSPS) is 14.2. The highest BCUT2D eigenvalue weighted by molar-refractivity contribution is 9.10. The first kappa shape index (κ1) is 14.2. The van der Waals surface area contributed by atoms with Crippen LogP contribution in [0.2, 0.25) is 0 Å². The van der Waals surface area contributed by atoms with E-state index in [2.05, 4.69) is 15.9 Å². The highest BCUT2D eigenvalue weighted by Crippen LogP contribution is 2.28. The summed E-state index contributed by atoms with van der Waals surface area (Å²) in [5, 5.41) is 10.4. The second-order valence-corrected chi connectivity index (χ2v) is 5.57. The molecule has 0 saturated carbocycles. The van der Waals surface area contributed by atoms with Gasteiger partial charge in [0.15, 0.2) is 0 Å². The first-order chi connectivity index (χ1) is 8.90. The molecule has 19 heavy (non-hydrogen) atoms. The van der Waals surface area contributed by atoms with E-state index in [0.29, 0.717) is 5.56 Å². The molecule has 2 aromatic carbocycles. The Morgan fingerprint density at radius 2 is 1.58 bits per heavy atom. The smallest absolute Gasteiger partial charge is 0.129 e. The highest BCUT2D eigenvalue weighted by Gasteiger charge is 2.26. The molecule has 0 fully saturated rings. The van der Waals surface area contributed by atoms with Crippen molar-refractivity contribution in [3.63, 3.8) is 0 Å². The van der Waals surface area contributed by atoms with Gasteiger partial charge in [-0.15, -0.1) is 0 Å². The summed E-state index contributed by atoms with van der Waals surface area (Å²) in [6.07, 6.45) is -0.118. The fourth-order valence-electron chi connectivity index (χ4n) is 1.96. The summed E-state index contributed by atoms with van der Waals surface area (Å²) in [6.45, 7) is 1.54. The van der Waals surface area contributed by atoms with Crippen LogP contribution in [0.1, 0.15) is 18.1 Å². The molecule has 0 bridgehead atoms. The van der Waals surface area contributed by atoms with Crippen molar-refractivity contribution in [2.75, 3.05) is 0 Å². The molecule has 1 nitrogen and oxygen atoms in total. The van der Waals surface area contributed by atoms with E-state index in [1.165, 1.54) is 18.2 Å². The quantitative estimate of drug-likeness (QED) is 0.897. The lowest BCUT2D eigenvalue weighted by Crippen LogP contribution is -2.25. The van der Waals surface area contributed by atoms with Gasteiger partial charge in [-0.2, -0.15) is 0 Å². The summed E-state index contributed by atoms with van der Waals surface area (Å²) in [6, 6.07) is 10.7. The second-order valence-electron chi connectivity index (χ2n) is 4.66. The SMILES string of the molecule is CC(O)(Cc1c(F)cccc1F)c1ccc(Br)cc1. The van der Waals surface area contributed by atoms with Crippen LogP contribution in [0.25, 0.3) is 0 Å². The van der Waals surface area contributed by atoms with E-state index in [4.69, 9.17) is 0 Å². The predicted molar refractivity (Wildman–Crippen MR) is 73.8 cm³/mol. The molecule has 1 atom stereocenters. The molecule has 0 heterocycles. The Balaban J connectivity index is 2.33. The van der Waals surface area contributed by atoms with Gasteiger partial charge in [-0.25, -0.2) is 8.78 Å². The van der Waals surface area contributed by atoms with E-state index in [1.54, 1.807) is 31.2 Å². The Morgan fingerprint density at radius 1 is 1.05 bits per heavy atom. The summed E-state index contributed by atoms with van der Waals surface area (Å²) in [5.41, 5.74) is -0.822. The minimum atomic E-state index is -1.33. The molecule has 0 radical (unpaired) electrons. The first-order valence-electron chi connectivity index (χ1n) is 5.81. The van der Waals surface area contributed by atoms with E-state index < -0.39 is 17.2 Å². The van der Waals surface area contributed by atoms with Crippen LogP contribution in [0, 0.1) is 11.6 Å². The highest BCUT2D eigenvalue weighted by atomic mass is 79.9. The molecule has 1 unspecified atom stereocenters. The van der Waals surface area contributed by atoms with E-state index in [1.807, 2.05) is 0 Å². The molecule has 0 aliphatic carbocycles. The third-order valence-electron chi connectivity index (χ3n) is 3.05. The van der Waals surface area contributed by atoms with Gasteiger partial charge in [-0.05, 0) is 36.8 Å². The zero-order chi connectivity index (χ0) is 14.0. The molecule has 0 saturated heterocycles. The molecule has 0 spiro atoms. The van der Waals surface area contributed by atoms with E-state index in [-0.39, 0.29) is 12.0 Å². The van der Waals surface area contributed by atoms with Gasteiger partial charge in [0.25, 0.3) is 0 Å². The van der Waals surface area contributed by atoms with E-state index in [0.717, 1.165) is 4.47 Å². The Labute approximate surface area is 119 Å². The number of halogens is 3. The summed E-state index contributed by atoms with van der Waals surface area (Å²) >= 11 is 3.30. The van der Waals surface area contributed by atoms with Crippen molar-refractivity contribution in [2.45, 2.75) is 18.9 Å². The number of aliphatic hydroxyl groups is 1. The predicted octanol–water partition coefficient (Wildman–Crippen LogP) is 4.18. The molecule has 4 heteroatoms. The van der Waals surface area contributed by atoms with E-state index in [9.17, 15) is 13.9 Å². The lowest BCUT2D eigenvalue weighted by atomic mass is 9.89. The maximum atomic E-state index is 13.6. The lowest BCUT2D eigenvalue weighted by molar-refractivity contribution is 0.0557. The maximum Gasteiger partial charge on any atom is 0.129 e. The van der Waals surface area contributed by atoms with Crippen LogP contribution in [0.15, 0.2) is 46.9 Å². The Kier molecular flexibility index (Phi) is 4.02. The first-order valence-corrected chi connectivity index (χ1v) is 6.61. The molecule has 0 aromatic heterocycles. The molecule has 2 aromatic rings. The van der Waals surface area contributed by atoms with E-state index >= 15 is 0 Å². The lowest BCUT2D eigenvalue weighted by Gasteiger charge is -2.24. The van der Waals surface area contributed by atoms with Crippen LogP contribution in [-0.4, -0.2) is 5.11 Å².